The van der Waals surface area contributed by atoms with Gasteiger partial charge in [0.1, 0.15) is 12.4 Å². The van der Waals surface area contributed by atoms with Gasteiger partial charge in [0.25, 0.3) is 0 Å². The summed E-state index contributed by atoms with van der Waals surface area (Å²) in [6.07, 6.45) is 7.91. The summed E-state index contributed by atoms with van der Waals surface area (Å²) >= 11 is 0. The molecule has 34 heavy (non-hydrogen) atoms. The molecule has 5 heteroatoms. The first kappa shape index (κ1) is 22.9. The molecule has 2 aromatic carbocycles. The molecule has 2 aliphatic heterocycles. The van der Waals surface area contributed by atoms with Gasteiger partial charge in [-0.15, -0.1) is 0 Å². The number of ether oxygens (including phenoxy) is 1. The molecule has 0 saturated carbocycles. The van der Waals surface area contributed by atoms with Crippen molar-refractivity contribution in [2.45, 2.75) is 58.0 Å². The summed E-state index contributed by atoms with van der Waals surface area (Å²) in [4.78, 5) is 20.6. The monoisotopic (exact) mass is 457 g/mol. The van der Waals surface area contributed by atoms with Crippen molar-refractivity contribution >= 4 is 16.8 Å². The molecule has 1 spiro atoms. The second-order valence-corrected chi connectivity index (χ2v) is 10.1. The largest absolute Gasteiger partial charge is 0.491 e. The fourth-order valence-electron chi connectivity index (χ4n) is 5.45. The number of nitrogens with one attached hydrogen (secondary N) is 1. The van der Waals surface area contributed by atoms with Crippen LogP contribution in [-0.2, 0) is 17.8 Å². The predicted octanol–water partition coefficient (Wildman–Crippen LogP) is 5.13. The van der Waals surface area contributed by atoms with E-state index in [0.717, 1.165) is 69.4 Å². The van der Waals surface area contributed by atoms with Gasteiger partial charge in [0.05, 0.1) is 17.0 Å². The highest BCUT2D eigenvalue weighted by Gasteiger charge is 2.41. The molecule has 178 valence electrons. The topological polar surface area (TPSA) is 54.5 Å². The third kappa shape index (κ3) is 5.10. The summed E-state index contributed by atoms with van der Waals surface area (Å²) < 4.78 is 6.08. The van der Waals surface area contributed by atoms with Crippen LogP contribution in [0.25, 0.3) is 10.9 Å². The number of likely N-dealkylation sites (tertiary alicyclic amines) is 1. The van der Waals surface area contributed by atoms with Crippen molar-refractivity contribution in [2.24, 2.45) is 5.41 Å². The average molecular weight is 458 g/mol. The number of piperidine rings is 1. The number of nitrogens with zero attached hydrogens (tertiary/aromatic N) is 2. The van der Waals surface area contributed by atoms with Crippen molar-refractivity contribution in [3.63, 3.8) is 0 Å². The van der Waals surface area contributed by atoms with E-state index < -0.39 is 0 Å². The Hall–Kier alpha value is -2.92. The van der Waals surface area contributed by atoms with Crippen molar-refractivity contribution in [1.82, 2.24) is 15.2 Å². The third-order valence-electron chi connectivity index (χ3n) is 7.54. The zero-order valence-electron chi connectivity index (χ0n) is 20.1. The van der Waals surface area contributed by atoms with E-state index in [0.29, 0.717) is 6.61 Å². The van der Waals surface area contributed by atoms with Crippen molar-refractivity contribution in [2.75, 3.05) is 19.7 Å². The van der Waals surface area contributed by atoms with E-state index in [1.165, 1.54) is 16.5 Å². The average Bonchev–Trinajstić information content (AvgIpc) is 2.86. The maximum Gasteiger partial charge on any atom is 0.226 e. The summed E-state index contributed by atoms with van der Waals surface area (Å²) in [5.74, 6) is 1.17. The second kappa shape index (κ2) is 10.1. The fourth-order valence-corrected chi connectivity index (χ4v) is 5.45. The van der Waals surface area contributed by atoms with Gasteiger partial charge in [-0.05, 0) is 81.4 Å². The minimum Gasteiger partial charge on any atom is -0.491 e. The zero-order chi connectivity index (χ0) is 23.4. The fraction of sp³-hybridized carbons (Fsp3) is 0.448. The Bertz CT molecular complexity index is 1140. The molecular formula is C29H35N3O2. The van der Waals surface area contributed by atoms with E-state index in [4.69, 9.17) is 4.74 Å². The summed E-state index contributed by atoms with van der Waals surface area (Å²) in [5.41, 5.74) is 3.27. The molecule has 3 aromatic rings. The second-order valence-electron chi connectivity index (χ2n) is 10.1. The minimum absolute atomic E-state index is 0.0152. The number of aromatic nitrogens is 1. The van der Waals surface area contributed by atoms with Gasteiger partial charge in [-0.25, -0.2) is 0 Å². The van der Waals surface area contributed by atoms with Gasteiger partial charge < -0.3 is 10.1 Å². The van der Waals surface area contributed by atoms with E-state index in [1.807, 2.05) is 31.3 Å². The van der Waals surface area contributed by atoms with Gasteiger partial charge in [-0.2, -0.15) is 0 Å². The molecule has 0 radical (unpaired) electrons. The van der Waals surface area contributed by atoms with Crippen LogP contribution in [0.1, 0.15) is 50.2 Å². The molecule has 1 fully saturated rings. The highest BCUT2D eigenvalue weighted by Crippen LogP contribution is 2.38. The van der Waals surface area contributed by atoms with E-state index in [-0.39, 0.29) is 17.4 Å². The van der Waals surface area contributed by atoms with Crippen LogP contribution in [-0.4, -0.2) is 41.5 Å². The van der Waals surface area contributed by atoms with Crippen LogP contribution < -0.4 is 10.1 Å². The van der Waals surface area contributed by atoms with Crippen LogP contribution in [0.4, 0.5) is 0 Å². The van der Waals surface area contributed by atoms with Crippen molar-refractivity contribution in [3.8, 4) is 5.75 Å². The number of fused-ring (bicyclic) bond motifs is 2. The van der Waals surface area contributed by atoms with Crippen LogP contribution in [0.3, 0.4) is 0 Å². The number of hydrogen-bond donors (Lipinski definition) is 1. The highest BCUT2D eigenvalue weighted by molar-refractivity contribution is 5.83. The quantitative estimate of drug-likeness (QED) is 0.580. The van der Waals surface area contributed by atoms with E-state index in [2.05, 4.69) is 51.6 Å². The van der Waals surface area contributed by atoms with E-state index in [1.54, 1.807) is 0 Å². The molecule has 1 atom stereocenters. The lowest BCUT2D eigenvalue weighted by Crippen LogP contribution is -2.51. The Morgan fingerprint density at radius 3 is 2.74 bits per heavy atom. The number of carbonyl (C=O) groups is 1. The van der Waals surface area contributed by atoms with E-state index in [9.17, 15) is 4.79 Å². The molecule has 1 amide bonds. The first-order chi connectivity index (χ1) is 16.6. The number of para-hydroxylation sites is 2. The van der Waals surface area contributed by atoms with Crippen LogP contribution in [0, 0.1) is 5.41 Å². The Kier molecular flexibility index (Phi) is 6.82. The van der Waals surface area contributed by atoms with Gasteiger partial charge in [0.2, 0.25) is 5.91 Å². The van der Waals surface area contributed by atoms with E-state index >= 15 is 0 Å². The highest BCUT2D eigenvalue weighted by atomic mass is 16.5. The van der Waals surface area contributed by atoms with Crippen molar-refractivity contribution in [1.29, 1.82) is 0 Å². The number of rotatable bonds is 2. The number of amides is 1. The van der Waals surface area contributed by atoms with Crippen LogP contribution in [0.15, 0.2) is 60.8 Å². The normalized spacial score (nSPS) is 21.7. The molecule has 5 nitrogen and oxygen atoms in total. The molecule has 5 rings (SSSR count). The molecule has 3 heterocycles. The molecule has 1 aromatic heterocycles. The zero-order valence-corrected chi connectivity index (χ0v) is 20.1. The summed E-state index contributed by atoms with van der Waals surface area (Å²) in [6, 6.07) is 18.8. The summed E-state index contributed by atoms with van der Waals surface area (Å²) in [5, 5.41) is 4.47. The molecule has 2 aliphatic rings. The Morgan fingerprint density at radius 1 is 1.06 bits per heavy atom. The Labute approximate surface area is 202 Å². The number of aryl methyl sites for hydroxylation is 1. The molecular weight excluding hydrogens is 422 g/mol. The van der Waals surface area contributed by atoms with Crippen LogP contribution in [0.2, 0.25) is 0 Å². The smallest absolute Gasteiger partial charge is 0.226 e. The van der Waals surface area contributed by atoms with Crippen LogP contribution >= 0.6 is 0 Å². The number of carbonyl (C=O) groups excluding carboxylic acids is 1. The lowest BCUT2D eigenvalue weighted by Gasteiger charge is -2.41. The van der Waals surface area contributed by atoms with Gasteiger partial charge in [-0.1, -0.05) is 42.8 Å². The van der Waals surface area contributed by atoms with Crippen LogP contribution in [0.5, 0.6) is 5.75 Å². The minimum atomic E-state index is -0.273. The molecule has 1 saturated heterocycles. The lowest BCUT2D eigenvalue weighted by atomic mass is 9.73. The number of hydrogen-bond acceptors (Lipinski definition) is 4. The summed E-state index contributed by atoms with van der Waals surface area (Å²) in [6.45, 7) is 5.31. The maximum absolute atomic E-state index is 13.5. The Balaban J connectivity index is 1.25. The van der Waals surface area contributed by atoms with Gasteiger partial charge >= 0.3 is 0 Å². The lowest BCUT2D eigenvalue weighted by molar-refractivity contribution is -0.135. The molecule has 0 aliphatic carbocycles. The van der Waals surface area contributed by atoms with Crippen molar-refractivity contribution in [3.05, 3.63) is 71.9 Å². The maximum atomic E-state index is 13.5. The summed E-state index contributed by atoms with van der Waals surface area (Å²) in [7, 11) is 0. The van der Waals surface area contributed by atoms with Crippen molar-refractivity contribution < 1.29 is 9.53 Å². The number of pyridine rings is 1. The van der Waals surface area contributed by atoms with Gasteiger partial charge in [0.15, 0.2) is 0 Å². The standard InChI is InChI=1S/C29H35N3O2/c1-22-21-34-27-12-5-3-8-24(27)9-6-7-13-29(28(33)31-22)14-16-32(17-15-29)20-23-18-25-10-2-4-11-26(25)30-19-23/h2-5,8,10-12,18-19,22H,6-7,9,13-17,20-21H2,1H3,(H,31,33)/t22-/m0/s1. The molecule has 0 bridgehead atoms. The van der Waals surface area contributed by atoms with Gasteiger partial charge in [0, 0.05) is 18.1 Å². The van der Waals surface area contributed by atoms with Gasteiger partial charge in [-0.3, -0.25) is 14.7 Å². The third-order valence-corrected chi connectivity index (χ3v) is 7.54. The number of benzene rings is 2. The SMILES string of the molecule is C[C@H]1COc2ccccc2CCCCC2(CCN(Cc3cnc4ccccc4c3)CC2)C(=O)N1. The molecule has 0 unspecified atom stereocenters. The first-order valence-electron chi connectivity index (χ1n) is 12.7. The molecule has 1 N–H and O–H groups in total. The Morgan fingerprint density at radius 2 is 1.85 bits per heavy atom. The predicted molar refractivity (Wildman–Crippen MR) is 136 cm³/mol. The first-order valence-corrected chi connectivity index (χ1v) is 12.7.